The lowest BCUT2D eigenvalue weighted by atomic mass is 10.2. The number of thiazole rings is 1. The maximum atomic E-state index is 6.18. The molecular weight excluding hydrogens is 287 g/mol. The standard InChI is InChI=1S/C13H12ClN2S.ClH/c1-10-9-17-13-15(6-7-16(10)13)8-11-4-2-3-5-12(11)14;/h2-7,9H,8H2,1H3;1H/q+1;/p-1. The molecule has 2 heterocycles. The average molecular weight is 299 g/mol. The Kier molecular flexibility index (Phi) is 3.95. The maximum absolute atomic E-state index is 6.18. The van der Waals surface area contributed by atoms with Gasteiger partial charge in [-0.25, -0.2) is 4.57 Å². The number of rotatable bonds is 2. The number of benzene rings is 1. The predicted molar refractivity (Wildman–Crippen MR) is 70.8 cm³/mol. The van der Waals surface area contributed by atoms with E-state index in [-0.39, 0.29) is 12.4 Å². The van der Waals surface area contributed by atoms with E-state index in [1.807, 2.05) is 18.2 Å². The first-order valence-corrected chi connectivity index (χ1v) is 6.69. The lowest BCUT2D eigenvalue weighted by Gasteiger charge is -2.00. The predicted octanol–water partition coefficient (Wildman–Crippen LogP) is 0.302. The van der Waals surface area contributed by atoms with Crippen molar-refractivity contribution in [2.24, 2.45) is 0 Å². The van der Waals surface area contributed by atoms with Gasteiger partial charge in [0, 0.05) is 16.0 Å². The average Bonchev–Trinajstić information content (AvgIpc) is 2.87. The van der Waals surface area contributed by atoms with Crippen molar-refractivity contribution in [2.75, 3.05) is 0 Å². The number of nitrogens with zero attached hydrogens (tertiary/aromatic N) is 2. The molecule has 0 N–H and O–H groups in total. The monoisotopic (exact) mass is 298 g/mol. The molecule has 0 bridgehead atoms. The van der Waals surface area contributed by atoms with Crippen molar-refractivity contribution in [2.45, 2.75) is 13.5 Å². The van der Waals surface area contributed by atoms with Gasteiger partial charge in [-0.05, 0) is 13.0 Å². The smallest absolute Gasteiger partial charge is 0.346 e. The van der Waals surface area contributed by atoms with Crippen LogP contribution in [0.25, 0.3) is 4.96 Å². The van der Waals surface area contributed by atoms with Crippen LogP contribution in [-0.4, -0.2) is 4.40 Å². The summed E-state index contributed by atoms with van der Waals surface area (Å²) >= 11 is 7.94. The van der Waals surface area contributed by atoms with Crippen LogP contribution in [0, 0.1) is 6.92 Å². The molecule has 2 aromatic heterocycles. The van der Waals surface area contributed by atoms with Crippen LogP contribution in [0.4, 0.5) is 0 Å². The number of halogens is 2. The van der Waals surface area contributed by atoms with Crippen molar-refractivity contribution >= 4 is 27.9 Å². The minimum atomic E-state index is 0. The molecule has 0 saturated carbocycles. The van der Waals surface area contributed by atoms with E-state index in [1.54, 1.807) is 11.3 Å². The SMILES string of the molecule is Cc1csc2n1cc[n+]2Cc1ccccc1Cl.[Cl-]. The highest BCUT2D eigenvalue weighted by molar-refractivity contribution is 7.14. The third-order valence-electron chi connectivity index (χ3n) is 2.86. The number of aromatic nitrogens is 2. The summed E-state index contributed by atoms with van der Waals surface area (Å²) in [5.74, 6) is 0. The summed E-state index contributed by atoms with van der Waals surface area (Å²) in [7, 11) is 0. The van der Waals surface area contributed by atoms with Gasteiger partial charge >= 0.3 is 4.96 Å². The molecule has 5 heteroatoms. The van der Waals surface area contributed by atoms with Gasteiger partial charge in [-0.3, -0.25) is 0 Å². The molecular formula is C13H12Cl2N2S. The molecule has 94 valence electrons. The molecule has 0 amide bonds. The summed E-state index contributed by atoms with van der Waals surface area (Å²) in [5, 5.41) is 2.99. The highest BCUT2D eigenvalue weighted by Gasteiger charge is 2.14. The van der Waals surface area contributed by atoms with Crippen molar-refractivity contribution in [3.05, 3.63) is 58.3 Å². The molecule has 2 nitrogen and oxygen atoms in total. The molecule has 0 aliphatic rings. The summed E-state index contributed by atoms with van der Waals surface area (Å²) in [6.45, 7) is 2.93. The Balaban J connectivity index is 0.00000120. The molecule has 3 rings (SSSR count). The third kappa shape index (κ3) is 2.26. The number of aryl methyl sites for hydroxylation is 1. The van der Waals surface area contributed by atoms with Gasteiger partial charge < -0.3 is 12.4 Å². The van der Waals surface area contributed by atoms with E-state index in [4.69, 9.17) is 11.6 Å². The zero-order valence-corrected chi connectivity index (χ0v) is 12.1. The van der Waals surface area contributed by atoms with Crippen LogP contribution in [0.1, 0.15) is 11.3 Å². The maximum Gasteiger partial charge on any atom is 0.346 e. The quantitative estimate of drug-likeness (QED) is 0.602. The lowest BCUT2D eigenvalue weighted by Crippen LogP contribution is -3.00. The zero-order chi connectivity index (χ0) is 11.8. The number of imidazole rings is 1. The fourth-order valence-electron chi connectivity index (χ4n) is 1.93. The fraction of sp³-hybridized carbons (Fsp3) is 0.154. The van der Waals surface area contributed by atoms with Crippen molar-refractivity contribution in [3.63, 3.8) is 0 Å². The molecule has 3 aromatic rings. The van der Waals surface area contributed by atoms with Crippen molar-refractivity contribution in [3.8, 4) is 0 Å². The minimum Gasteiger partial charge on any atom is -1.00 e. The summed E-state index contributed by atoms with van der Waals surface area (Å²) in [5.41, 5.74) is 2.42. The topological polar surface area (TPSA) is 8.29 Å². The molecule has 18 heavy (non-hydrogen) atoms. The van der Waals surface area contributed by atoms with E-state index in [0.29, 0.717) is 0 Å². The minimum absolute atomic E-state index is 0. The molecule has 0 atom stereocenters. The van der Waals surface area contributed by atoms with Gasteiger partial charge in [0.2, 0.25) is 0 Å². The number of hydrogen-bond acceptors (Lipinski definition) is 1. The van der Waals surface area contributed by atoms with Crippen LogP contribution in [0.15, 0.2) is 42.0 Å². The van der Waals surface area contributed by atoms with Crippen LogP contribution < -0.4 is 17.0 Å². The van der Waals surface area contributed by atoms with E-state index in [9.17, 15) is 0 Å². The molecule has 1 aromatic carbocycles. The van der Waals surface area contributed by atoms with Crippen LogP contribution in [0.3, 0.4) is 0 Å². The van der Waals surface area contributed by atoms with Gasteiger partial charge in [-0.1, -0.05) is 41.1 Å². The van der Waals surface area contributed by atoms with Crippen LogP contribution in [0.5, 0.6) is 0 Å². The molecule has 0 fully saturated rings. The van der Waals surface area contributed by atoms with Crippen molar-refractivity contribution in [1.82, 2.24) is 4.40 Å². The highest BCUT2D eigenvalue weighted by Crippen LogP contribution is 2.16. The van der Waals surface area contributed by atoms with Gasteiger partial charge in [0.15, 0.2) is 0 Å². The van der Waals surface area contributed by atoms with Gasteiger partial charge in [0.1, 0.15) is 24.6 Å². The Labute approximate surface area is 121 Å². The lowest BCUT2D eigenvalue weighted by molar-refractivity contribution is -0.659. The zero-order valence-electron chi connectivity index (χ0n) is 9.81. The summed E-state index contributed by atoms with van der Waals surface area (Å²) in [6.07, 6.45) is 4.19. The van der Waals surface area contributed by atoms with Gasteiger partial charge in [-0.2, -0.15) is 4.40 Å². The fourth-order valence-corrected chi connectivity index (χ4v) is 3.10. The number of hydrogen-bond donors (Lipinski definition) is 0. The van der Waals surface area contributed by atoms with E-state index in [1.165, 1.54) is 10.7 Å². The Hall–Kier alpha value is -1.03. The Morgan fingerprint density at radius 1 is 1.33 bits per heavy atom. The first-order chi connectivity index (χ1) is 8.25. The third-order valence-corrected chi connectivity index (χ3v) is 4.33. The second-order valence-corrected chi connectivity index (χ2v) is 5.29. The van der Waals surface area contributed by atoms with Crippen molar-refractivity contribution in [1.29, 1.82) is 0 Å². The first kappa shape index (κ1) is 13.4. The highest BCUT2D eigenvalue weighted by atomic mass is 35.5. The Morgan fingerprint density at radius 2 is 2.11 bits per heavy atom. The van der Waals surface area contributed by atoms with Gasteiger partial charge in [0.25, 0.3) is 0 Å². The van der Waals surface area contributed by atoms with Crippen LogP contribution in [-0.2, 0) is 6.54 Å². The summed E-state index contributed by atoms with van der Waals surface area (Å²) in [4.78, 5) is 1.24. The van der Waals surface area contributed by atoms with Gasteiger partial charge in [0.05, 0.1) is 0 Å². The molecule has 0 radical (unpaired) electrons. The van der Waals surface area contributed by atoms with Gasteiger partial charge in [-0.15, -0.1) is 0 Å². The summed E-state index contributed by atoms with van der Waals surface area (Å²) in [6, 6.07) is 7.99. The van der Waals surface area contributed by atoms with E-state index < -0.39 is 0 Å². The second-order valence-electron chi connectivity index (χ2n) is 4.05. The largest absolute Gasteiger partial charge is 1.00 e. The molecule has 0 aliphatic carbocycles. The van der Waals surface area contributed by atoms with Crippen molar-refractivity contribution < 1.29 is 17.0 Å². The molecule has 0 spiro atoms. The second kappa shape index (κ2) is 5.31. The van der Waals surface area contributed by atoms with E-state index in [2.05, 4.69) is 39.7 Å². The normalized spacial score (nSPS) is 10.6. The van der Waals surface area contributed by atoms with Crippen LogP contribution >= 0.6 is 22.9 Å². The molecule has 0 saturated heterocycles. The number of fused-ring (bicyclic) bond motifs is 1. The van der Waals surface area contributed by atoms with E-state index in [0.717, 1.165) is 17.1 Å². The first-order valence-electron chi connectivity index (χ1n) is 5.44. The molecule has 0 unspecified atom stereocenters. The Morgan fingerprint density at radius 3 is 2.89 bits per heavy atom. The summed E-state index contributed by atoms with van der Waals surface area (Å²) < 4.78 is 4.42. The van der Waals surface area contributed by atoms with E-state index >= 15 is 0 Å². The molecule has 0 aliphatic heterocycles. The Bertz CT molecular complexity index is 672. The van der Waals surface area contributed by atoms with Crippen LogP contribution in [0.2, 0.25) is 5.02 Å².